The number of hydrogen-bond donors (Lipinski definition) is 1. The smallest absolute Gasteiger partial charge is 0.274 e. The number of aryl methyl sites for hydroxylation is 1. The molecule has 100 valence electrons. The minimum absolute atomic E-state index is 0.186. The van der Waals surface area contributed by atoms with Crippen molar-refractivity contribution in [3.8, 4) is 0 Å². The Hall–Kier alpha value is -2.24. The van der Waals surface area contributed by atoms with E-state index < -0.39 is 17.5 Å². The number of benzene rings is 1. The molecule has 1 amide bonds. The Morgan fingerprint density at radius 2 is 2.16 bits per heavy atom. The second-order valence-electron chi connectivity index (χ2n) is 4.02. The highest BCUT2D eigenvalue weighted by atomic mass is 19.1. The van der Waals surface area contributed by atoms with Crippen molar-refractivity contribution in [3.05, 3.63) is 47.8 Å². The Morgan fingerprint density at radius 3 is 2.89 bits per heavy atom. The molecule has 1 aromatic heterocycles. The van der Waals surface area contributed by atoms with Gasteiger partial charge in [0.05, 0.1) is 5.69 Å². The lowest BCUT2D eigenvalue weighted by atomic mass is 10.3. The number of nitrogens with one attached hydrogen (secondary N) is 1. The summed E-state index contributed by atoms with van der Waals surface area (Å²) in [7, 11) is 0. The fourth-order valence-corrected chi connectivity index (χ4v) is 1.70. The third kappa shape index (κ3) is 2.96. The highest BCUT2D eigenvalue weighted by Gasteiger charge is 2.14. The molecule has 2 aromatic rings. The minimum Gasteiger partial charge on any atom is -0.318 e. The van der Waals surface area contributed by atoms with Gasteiger partial charge >= 0.3 is 0 Å². The van der Waals surface area contributed by atoms with Crippen molar-refractivity contribution in [1.29, 1.82) is 0 Å². The molecule has 0 saturated carbocycles. The predicted octanol–water partition coefficient (Wildman–Crippen LogP) is 2.82. The van der Waals surface area contributed by atoms with Crippen molar-refractivity contribution in [2.24, 2.45) is 0 Å². The summed E-state index contributed by atoms with van der Waals surface area (Å²) < 4.78 is 27.9. The summed E-state index contributed by atoms with van der Waals surface area (Å²) >= 11 is 0. The molecule has 0 spiro atoms. The van der Waals surface area contributed by atoms with Crippen LogP contribution < -0.4 is 5.32 Å². The first-order valence-electron chi connectivity index (χ1n) is 5.90. The van der Waals surface area contributed by atoms with Crippen molar-refractivity contribution in [1.82, 2.24) is 9.78 Å². The molecule has 0 radical (unpaired) electrons. The first kappa shape index (κ1) is 13.2. The standard InChI is InChI=1S/C13H13F2N3O/c1-2-7-18-12(5-6-16-18)13(19)17-11-8-9(14)3-4-10(11)15/h3-6,8H,2,7H2,1H3,(H,17,19). The summed E-state index contributed by atoms with van der Waals surface area (Å²) in [6.45, 7) is 2.54. The van der Waals surface area contributed by atoms with Gasteiger partial charge in [0.15, 0.2) is 0 Å². The van der Waals surface area contributed by atoms with Gasteiger partial charge in [0.1, 0.15) is 17.3 Å². The number of carbonyl (C=O) groups excluding carboxylic acids is 1. The van der Waals surface area contributed by atoms with Crippen LogP contribution in [0, 0.1) is 11.6 Å². The van der Waals surface area contributed by atoms with E-state index in [1.165, 1.54) is 16.9 Å². The Morgan fingerprint density at radius 1 is 1.37 bits per heavy atom. The van der Waals surface area contributed by atoms with Crippen molar-refractivity contribution < 1.29 is 13.6 Å². The van der Waals surface area contributed by atoms with E-state index >= 15 is 0 Å². The SMILES string of the molecule is CCCn1nccc1C(=O)Nc1cc(F)ccc1F. The monoisotopic (exact) mass is 265 g/mol. The van der Waals surface area contributed by atoms with Crippen LogP contribution in [0.5, 0.6) is 0 Å². The maximum atomic E-state index is 13.4. The summed E-state index contributed by atoms with van der Waals surface area (Å²) in [6, 6.07) is 4.43. The second kappa shape index (κ2) is 5.60. The zero-order valence-electron chi connectivity index (χ0n) is 10.4. The van der Waals surface area contributed by atoms with Crippen LogP contribution in [0.2, 0.25) is 0 Å². The van der Waals surface area contributed by atoms with Crippen LogP contribution in [0.25, 0.3) is 0 Å². The van der Waals surface area contributed by atoms with Gasteiger partial charge in [-0.3, -0.25) is 9.48 Å². The van der Waals surface area contributed by atoms with Crippen molar-refractivity contribution >= 4 is 11.6 Å². The molecule has 19 heavy (non-hydrogen) atoms. The number of nitrogens with zero attached hydrogens (tertiary/aromatic N) is 2. The molecule has 0 fully saturated rings. The maximum absolute atomic E-state index is 13.4. The van der Waals surface area contributed by atoms with Crippen LogP contribution in [-0.2, 0) is 6.54 Å². The number of aromatic nitrogens is 2. The van der Waals surface area contributed by atoms with E-state index in [0.29, 0.717) is 12.2 Å². The molecule has 0 saturated heterocycles. The molecular formula is C13H13F2N3O. The quantitative estimate of drug-likeness (QED) is 0.924. The molecule has 4 nitrogen and oxygen atoms in total. The van der Waals surface area contributed by atoms with E-state index in [9.17, 15) is 13.6 Å². The number of anilines is 1. The van der Waals surface area contributed by atoms with E-state index in [0.717, 1.165) is 24.6 Å². The first-order valence-corrected chi connectivity index (χ1v) is 5.90. The first-order chi connectivity index (χ1) is 9.11. The average Bonchev–Trinajstić information content (AvgIpc) is 2.82. The van der Waals surface area contributed by atoms with Crippen LogP contribution >= 0.6 is 0 Å². The zero-order valence-corrected chi connectivity index (χ0v) is 10.4. The molecule has 1 aromatic carbocycles. The molecule has 1 N–H and O–H groups in total. The van der Waals surface area contributed by atoms with Gasteiger partial charge in [0, 0.05) is 18.8 Å². The molecule has 0 aliphatic carbocycles. The number of amides is 1. The fourth-order valence-electron chi connectivity index (χ4n) is 1.70. The number of rotatable bonds is 4. The van der Waals surface area contributed by atoms with Crippen LogP contribution in [0.15, 0.2) is 30.5 Å². The molecule has 0 atom stereocenters. The number of hydrogen-bond acceptors (Lipinski definition) is 2. The third-order valence-electron chi connectivity index (χ3n) is 2.56. The van der Waals surface area contributed by atoms with Gasteiger partial charge in [-0.15, -0.1) is 0 Å². The molecular weight excluding hydrogens is 252 g/mol. The van der Waals surface area contributed by atoms with Gasteiger partial charge in [-0.2, -0.15) is 5.10 Å². The highest BCUT2D eigenvalue weighted by Crippen LogP contribution is 2.16. The van der Waals surface area contributed by atoms with E-state index in [2.05, 4.69) is 10.4 Å². The van der Waals surface area contributed by atoms with Crippen molar-refractivity contribution in [3.63, 3.8) is 0 Å². The Kier molecular flexibility index (Phi) is 3.89. The summed E-state index contributed by atoms with van der Waals surface area (Å²) in [6.07, 6.45) is 2.31. The lowest BCUT2D eigenvalue weighted by Gasteiger charge is -2.08. The Balaban J connectivity index is 2.21. The minimum atomic E-state index is -0.684. The van der Waals surface area contributed by atoms with E-state index in [-0.39, 0.29) is 5.69 Å². The second-order valence-corrected chi connectivity index (χ2v) is 4.02. The van der Waals surface area contributed by atoms with E-state index in [1.54, 1.807) is 0 Å². The van der Waals surface area contributed by atoms with Crippen LogP contribution in [0.1, 0.15) is 23.8 Å². The summed E-state index contributed by atoms with van der Waals surface area (Å²) in [5.41, 5.74) is 0.125. The van der Waals surface area contributed by atoms with Gasteiger partial charge in [-0.25, -0.2) is 8.78 Å². The van der Waals surface area contributed by atoms with Crippen LogP contribution in [0.4, 0.5) is 14.5 Å². The number of carbonyl (C=O) groups is 1. The highest BCUT2D eigenvalue weighted by molar-refractivity contribution is 6.03. The van der Waals surface area contributed by atoms with Gasteiger partial charge in [-0.05, 0) is 24.6 Å². The molecule has 0 bridgehead atoms. The van der Waals surface area contributed by atoms with Gasteiger partial charge < -0.3 is 5.32 Å². The molecule has 2 rings (SSSR count). The molecule has 0 aliphatic heterocycles. The maximum Gasteiger partial charge on any atom is 0.274 e. The van der Waals surface area contributed by atoms with Crippen LogP contribution in [-0.4, -0.2) is 15.7 Å². The zero-order chi connectivity index (χ0) is 13.8. The Bertz CT molecular complexity index is 595. The van der Waals surface area contributed by atoms with Gasteiger partial charge in [0.25, 0.3) is 5.91 Å². The molecule has 1 heterocycles. The van der Waals surface area contributed by atoms with Crippen LogP contribution in [0.3, 0.4) is 0 Å². The van der Waals surface area contributed by atoms with Crippen molar-refractivity contribution in [2.45, 2.75) is 19.9 Å². The predicted molar refractivity (Wildman–Crippen MR) is 66.8 cm³/mol. The van der Waals surface area contributed by atoms with Gasteiger partial charge in [0.2, 0.25) is 0 Å². The summed E-state index contributed by atoms with van der Waals surface area (Å²) in [4.78, 5) is 12.0. The number of halogens is 2. The van der Waals surface area contributed by atoms with E-state index in [1.807, 2.05) is 6.92 Å². The molecule has 6 heteroatoms. The molecule has 0 aliphatic rings. The third-order valence-corrected chi connectivity index (χ3v) is 2.56. The van der Waals surface area contributed by atoms with Crippen molar-refractivity contribution in [2.75, 3.05) is 5.32 Å². The lowest BCUT2D eigenvalue weighted by molar-refractivity contribution is 0.101. The fraction of sp³-hybridized carbons (Fsp3) is 0.231. The molecule has 0 unspecified atom stereocenters. The largest absolute Gasteiger partial charge is 0.318 e. The van der Waals surface area contributed by atoms with E-state index in [4.69, 9.17) is 0 Å². The van der Waals surface area contributed by atoms with Gasteiger partial charge in [-0.1, -0.05) is 6.92 Å². The topological polar surface area (TPSA) is 46.9 Å². The summed E-state index contributed by atoms with van der Waals surface area (Å²) in [5.74, 6) is -1.81. The Labute approximate surface area is 109 Å². The lowest BCUT2D eigenvalue weighted by Crippen LogP contribution is -2.18. The average molecular weight is 265 g/mol. The summed E-state index contributed by atoms with van der Waals surface area (Å²) in [5, 5.41) is 6.33. The normalized spacial score (nSPS) is 10.5.